The van der Waals surface area contributed by atoms with Gasteiger partial charge in [0.25, 0.3) is 0 Å². The maximum Gasteiger partial charge on any atom is 0.432 e. The molecule has 0 aliphatic carbocycles. The van der Waals surface area contributed by atoms with Crippen molar-refractivity contribution in [1.82, 2.24) is 13.9 Å². The maximum absolute atomic E-state index is 13.9. The van der Waals surface area contributed by atoms with Crippen molar-refractivity contribution in [1.29, 1.82) is 0 Å². The average Bonchev–Trinajstić information content (AvgIpc) is 3.03. The van der Waals surface area contributed by atoms with Gasteiger partial charge in [-0.15, -0.1) is 4.91 Å². The van der Waals surface area contributed by atoms with Gasteiger partial charge >= 0.3 is 12.1 Å². The van der Waals surface area contributed by atoms with Crippen molar-refractivity contribution in [2.75, 3.05) is 31.7 Å². The van der Waals surface area contributed by atoms with Gasteiger partial charge in [0.05, 0.1) is 15.5 Å². The van der Waals surface area contributed by atoms with Crippen molar-refractivity contribution in [2.45, 2.75) is 70.2 Å². The van der Waals surface area contributed by atoms with Crippen molar-refractivity contribution in [3.05, 3.63) is 41.3 Å². The van der Waals surface area contributed by atoms with Crippen LogP contribution in [0.15, 0.2) is 51.4 Å². The molecule has 2 heterocycles. The minimum absolute atomic E-state index is 0.0820. The van der Waals surface area contributed by atoms with E-state index >= 15 is 0 Å². The zero-order valence-electron chi connectivity index (χ0n) is 29.0. The molecule has 2 saturated heterocycles. The van der Waals surface area contributed by atoms with E-state index in [-0.39, 0.29) is 66.4 Å². The Kier molecular flexibility index (Phi) is 10.8. The van der Waals surface area contributed by atoms with Crippen LogP contribution in [0, 0.1) is 34.5 Å². The number of carbonyl (C=O) groups is 2. The molecule has 0 spiro atoms. The summed E-state index contributed by atoms with van der Waals surface area (Å²) in [6.45, 7) is 12.5. The lowest BCUT2D eigenvalue weighted by molar-refractivity contribution is -0.140. The normalized spacial score (nSPS) is 23.1. The first-order valence-corrected chi connectivity index (χ1v) is 19.6. The number of carboxylic acid groups (broad SMARTS) is 1. The van der Waals surface area contributed by atoms with Gasteiger partial charge in [-0.2, -0.15) is 8.61 Å². The number of amides is 1. The van der Waals surface area contributed by atoms with Gasteiger partial charge in [0.15, 0.2) is 0 Å². The number of rotatable bonds is 10. The monoisotopic (exact) mass is 731 g/mol. The quantitative estimate of drug-likeness (QED) is 0.129. The summed E-state index contributed by atoms with van der Waals surface area (Å²) >= 11 is 0. The van der Waals surface area contributed by atoms with E-state index in [9.17, 15) is 36.4 Å². The third kappa shape index (κ3) is 7.43. The number of benzene rings is 3. The van der Waals surface area contributed by atoms with Gasteiger partial charge in [-0.25, -0.2) is 31.9 Å². The van der Waals surface area contributed by atoms with Gasteiger partial charge < -0.3 is 15.3 Å². The third-order valence-electron chi connectivity index (χ3n) is 9.52. The molecule has 1 amide bonds. The van der Waals surface area contributed by atoms with Crippen LogP contribution in [0.1, 0.15) is 54.4 Å². The van der Waals surface area contributed by atoms with Crippen LogP contribution in [-0.4, -0.2) is 74.8 Å². The Morgan fingerprint density at radius 1 is 0.780 bits per heavy atom. The lowest BCUT2D eigenvalue weighted by Crippen LogP contribution is -2.45. The highest BCUT2D eigenvalue weighted by Crippen LogP contribution is 2.44. The molecule has 0 radical (unpaired) electrons. The highest BCUT2D eigenvalue weighted by molar-refractivity contribution is 7.89. The molecule has 0 aromatic heterocycles. The fraction of sp³-hybridized carbons (Fsp3) is 0.529. The summed E-state index contributed by atoms with van der Waals surface area (Å²) in [5, 5.41) is 15.8. The molecular weight excluding hydrogens is 687 g/mol. The molecule has 5 atom stereocenters. The zero-order valence-corrected chi connectivity index (χ0v) is 30.7. The smallest absolute Gasteiger partial charge is 0.432 e. The number of piperidine rings is 2. The van der Waals surface area contributed by atoms with Crippen molar-refractivity contribution >= 4 is 65.0 Å². The summed E-state index contributed by atoms with van der Waals surface area (Å²) in [5.74, 6) is -1.14. The lowest BCUT2D eigenvalue weighted by Gasteiger charge is -2.34. The summed E-state index contributed by atoms with van der Waals surface area (Å²) in [5.41, 5.74) is 2.49. The summed E-state index contributed by atoms with van der Waals surface area (Å²) in [6.07, 6.45) is 0.676. The topological polar surface area (TPSA) is 192 Å². The van der Waals surface area contributed by atoms with E-state index in [2.05, 4.69) is 16.0 Å². The van der Waals surface area contributed by atoms with Crippen molar-refractivity contribution in [3.63, 3.8) is 0 Å². The van der Waals surface area contributed by atoms with Crippen LogP contribution in [0.2, 0.25) is 0 Å². The van der Waals surface area contributed by atoms with Gasteiger partial charge in [0, 0.05) is 47.7 Å². The highest BCUT2D eigenvalue weighted by Gasteiger charge is 2.34. The second kappa shape index (κ2) is 14.4. The average molecular weight is 732 g/mol. The van der Waals surface area contributed by atoms with E-state index < -0.39 is 44.1 Å². The van der Waals surface area contributed by atoms with E-state index in [0.717, 1.165) is 12.8 Å². The SMILES string of the molecule is CC(C)C(NC(=O)ONc1c2ccc(S(=O)(=O)N3C[C@H](C)C[C@H](C)C3)cc2c(N=O)c2cc(S(=O)(=O)N3C[C@H](C)C[C@H](C)C3)ccc12)C(=O)O. The number of sulfonamides is 2. The molecule has 50 heavy (non-hydrogen) atoms. The number of aliphatic carboxylic acids is 1. The number of hydrogen-bond acceptors (Lipinski definition) is 10. The second-order valence-electron chi connectivity index (χ2n) is 14.5. The molecule has 1 unspecified atom stereocenters. The molecule has 272 valence electrons. The van der Waals surface area contributed by atoms with Crippen LogP contribution in [0.4, 0.5) is 16.2 Å². The number of anilines is 1. The predicted octanol–water partition coefficient (Wildman–Crippen LogP) is 5.89. The number of carboxylic acids is 1. The van der Waals surface area contributed by atoms with Gasteiger partial charge in [0.1, 0.15) is 11.7 Å². The Balaban J connectivity index is 1.66. The molecule has 0 bridgehead atoms. The van der Waals surface area contributed by atoms with Crippen LogP contribution in [-0.2, 0) is 29.7 Å². The molecule has 3 N–H and O–H groups in total. The van der Waals surface area contributed by atoms with Crippen LogP contribution < -0.4 is 10.8 Å². The molecule has 14 nitrogen and oxygen atoms in total. The molecular formula is C34H45N5O9S2. The lowest BCUT2D eigenvalue weighted by atomic mass is 9.94. The van der Waals surface area contributed by atoms with Gasteiger partial charge in [-0.3, -0.25) is 0 Å². The first-order valence-electron chi connectivity index (χ1n) is 16.8. The van der Waals surface area contributed by atoms with E-state index in [1.54, 1.807) is 13.8 Å². The first kappa shape index (κ1) is 37.4. The summed E-state index contributed by atoms with van der Waals surface area (Å²) < 4.78 is 58.5. The fourth-order valence-corrected chi connectivity index (χ4v) is 10.8. The summed E-state index contributed by atoms with van der Waals surface area (Å²) in [6, 6.07) is 7.11. The largest absolute Gasteiger partial charge is 0.480 e. The van der Waals surface area contributed by atoms with E-state index in [0.29, 0.717) is 26.2 Å². The minimum atomic E-state index is -4.01. The van der Waals surface area contributed by atoms with Crippen molar-refractivity contribution < 1.29 is 36.4 Å². The van der Waals surface area contributed by atoms with Crippen molar-refractivity contribution in [3.8, 4) is 0 Å². The van der Waals surface area contributed by atoms with E-state index in [4.69, 9.17) is 4.84 Å². The van der Waals surface area contributed by atoms with Crippen molar-refractivity contribution in [2.24, 2.45) is 34.8 Å². The minimum Gasteiger partial charge on any atom is -0.480 e. The van der Waals surface area contributed by atoms with Gasteiger partial charge in [-0.05, 0) is 71.9 Å². The van der Waals surface area contributed by atoms with Crippen LogP contribution in [0.25, 0.3) is 21.5 Å². The first-order chi connectivity index (χ1) is 23.4. The fourth-order valence-electron chi connectivity index (χ4n) is 7.36. The summed E-state index contributed by atoms with van der Waals surface area (Å²) in [4.78, 5) is 42.1. The van der Waals surface area contributed by atoms with E-state index in [1.165, 1.54) is 45.0 Å². The summed E-state index contributed by atoms with van der Waals surface area (Å²) in [7, 11) is -8.01. The molecule has 2 fully saturated rings. The molecule has 3 aromatic carbocycles. The number of nitroso groups, excluding NO2 is 1. The molecule has 2 aliphatic heterocycles. The Bertz CT molecular complexity index is 1900. The second-order valence-corrected chi connectivity index (χ2v) is 18.3. The molecule has 2 aliphatic rings. The Labute approximate surface area is 292 Å². The highest BCUT2D eigenvalue weighted by atomic mass is 32.2. The third-order valence-corrected chi connectivity index (χ3v) is 13.2. The van der Waals surface area contributed by atoms with E-state index in [1.807, 2.05) is 27.7 Å². The van der Waals surface area contributed by atoms with Crippen LogP contribution in [0.5, 0.6) is 0 Å². The molecule has 0 saturated carbocycles. The van der Waals surface area contributed by atoms with Crippen LogP contribution in [0.3, 0.4) is 0 Å². The Morgan fingerprint density at radius 3 is 1.56 bits per heavy atom. The number of nitrogens with one attached hydrogen (secondary N) is 2. The number of carbonyl (C=O) groups excluding carboxylic acids is 1. The molecule has 16 heteroatoms. The Hall–Kier alpha value is -3.86. The maximum atomic E-state index is 13.9. The molecule has 5 rings (SSSR count). The molecule has 3 aromatic rings. The zero-order chi connectivity index (χ0) is 36.7. The van der Waals surface area contributed by atoms with Crippen LogP contribution >= 0.6 is 0 Å². The standard InChI is InChI=1S/C34H45N5O9S2/c1-19(2)30(33(40)41)35-34(42)48-37-32-26-9-7-24(49(44,45)38-15-20(3)11-21(4)16-38)13-28(26)31(36-43)29-14-25(8-10-27(29)32)50(46,47)39-17-22(5)12-23(6)18-39/h7-10,13-14,19-23,30,37H,11-12,15-18H2,1-6H3,(H,35,42)(H,40,41)/t20-,21+,22-,23+,30?. The number of hydrogen-bond donors (Lipinski definition) is 3. The Morgan fingerprint density at radius 2 is 1.20 bits per heavy atom. The number of nitrogens with zero attached hydrogens (tertiary/aromatic N) is 3. The van der Waals surface area contributed by atoms with Gasteiger partial charge in [0.2, 0.25) is 20.0 Å². The van der Waals surface area contributed by atoms with Gasteiger partial charge in [-0.1, -0.05) is 53.7 Å². The number of fused-ring (bicyclic) bond motifs is 2. The predicted molar refractivity (Wildman–Crippen MR) is 190 cm³/mol.